The summed E-state index contributed by atoms with van der Waals surface area (Å²) in [7, 11) is 0. The third-order valence-electron chi connectivity index (χ3n) is 2.06. The highest BCUT2D eigenvalue weighted by Gasteiger charge is 2.16. The fourth-order valence-corrected chi connectivity index (χ4v) is 1.37. The number of carbonyl (C=O) groups is 1. The van der Waals surface area contributed by atoms with Gasteiger partial charge in [0.05, 0.1) is 10.5 Å². The molecule has 0 fully saturated rings. The number of terminal acetylenes is 1. The molecule has 1 rings (SSSR count). The van der Waals surface area contributed by atoms with Crippen LogP contribution in [-0.4, -0.2) is 22.4 Å². The van der Waals surface area contributed by atoms with Crippen LogP contribution in [0.4, 0.5) is 5.69 Å². The van der Waals surface area contributed by atoms with Crippen molar-refractivity contribution in [1.29, 1.82) is 0 Å². The molecule has 1 N–H and O–H groups in total. The third-order valence-corrected chi connectivity index (χ3v) is 2.36. The summed E-state index contributed by atoms with van der Waals surface area (Å²) in [4.78, 5) is 25.2. The fraction of sp³-hybridized carbons (Fsp3) is 0.273. The number of nitrogens with one attached hydrogen (secondary N) is 1. The van der Waals surface area contributed by atoms with E-state index in [4.69, 9.17) is 18.0 Å². The second-order valence-corrected chi connectivity index (χ2v) is 3.71. The molecule has 0 radical (unpaired) electrons. The van der Waals surface area contributed by atoms with Crippen molar-refractivity contribution in [2.45, 2.75) is 12.8 Å². The van der Waals surface area contributed by atoms with Crippen LogP contribution in [0.2, 0.25) is 5.15 Å². The molecule has 6 nitrogen and oxygen atoms in total. The van der Waals surface area contributed by atoms with Crippen molar-refractivity contribution in [2.75, 3.05) is 6.54 Å². The quantitative estimate of drug-likeness (QED) is 0.290. The predicted octanol–water partition coefficient (Wildman–Crippen LogP) is 1.79. The van der Waals surface area contributed by atoms with E-state index in [1.807, 2.05) is 0 Å². The predicted molar refractivity (Wildman–Crippen MR) is 66.3 cm³/mol. The molecule has 18 heavy (non-hydrogen) atoms. The lowest BCUT2D eigenvalue weighted by atomic mass is 10.2. The smallest absolute Gasteiger partial charge is 0.288 e. The summed E-state index contributed by atoms with van der Waals surface area (Å²) < 4.78 is 0. The summed E-state index contributed by atoms with van der Waals surface area (Å²) in [6, 6.07) is 1.09. The van der Waals surface area contributed by atoms with E-state index in [0.717, 1.165) is 12.3 Å². The molecular weight excluding hydrogens is 258 g/mol. The number of halogens is 1. The molecule has 94 valence electrons. The summed E-state index contributed by atoms with van der Waals surface area (Å²) in [5, 5.41) is 13.0. The van der Waals surface area contributed by atoms with Crippen LogP contribution < -0.4 is 5.32 Å². The Morgan fingerprint density at radius 2 is 2.39 bits per heavy atom. The van der Waals surface area contributed by atoms with Gasteiger partial charge in [-0.2, -0.15) is 0 Å². The van der Waals surface area contributed by atoms with Gasteiger partial charge >= 0.3 is 0 Å². The van der Waals surface area contributed by atoms with Gasteiger partial charge in [0.1, 0.15) is 11.3 Å². The SMILES string of the molecule is C#CCCCNC(=O)c1cc([N+](=O)[O-])cnc1Cl. The van der Waals surface area contributed by atoms with Crippen LogP contribution in [0.15, 0.2) is 12.3 Å². The highest BCUT2D eigenvalue weighted by molar-refractivity contribution is 6.32. The highest BCUT2D eigenvalue weighted by Crippen LogP contribution is 2.18. The lowest BCUT2D eigenvalue weighted by molar-refractivity contribution is -0.385. The Morgan fingerprint density at radius 3 is 3.00 bits per heavy atom. The average Bonchev–Trinajstić information content (AvgIpc) is 2.34. The molecule has 0 aliphatic rings. The normalized spacial score (nSPS) is 9.56. The van der Waals surface area contributed by atoms with Crippen molar-refractivity contribution in [3.63, 3.8) is 0 Å². The molecule has 0 unspecified atom stereocenters. The first-order chi connectivity index (χ1) is 8.56. The van der Waals surface area contributed by atoms with Gasteiger partial charge in [-0.05, 0) is 6.42 Å². The Balaban J connectivity index is 2.76. The van der Waals surface area contributed by atoms with Gasteiger partial charge < -0.3 is 5.32 Å². The van der Waals surface area contributed by atoms with Crippen LogP contribution in [0, 0.1) is 22.5 Å². The van der Waals surface area contributed by atoms with E-state index in [-0.39, 0.29) is 16.4 Å². The second-order valence-electron chi connectivity index (χ2n) is 3.35. The van der Waals surface area contributed by atoms with Crippen LogP contribution in [0.3, 0.4) is 0 Å². The molecule has 0 aromatic carbocycles. The highest BCUT2D eigenvalue weighted by atomic mass is 35.5. The van der Waals surface area contributed by atoms with Gasteiger partial charge in [0.25, 0.3) is 11.6 Å². The zero-order valence-corrected chi connectivity index (χ0v) is 10.1. The maximum atomic E-state index is 11.7. The summed E-state index contributed by atoms with van der Waals surface area (Å²) in [6.07, 6.45) is 7.23. The second kappa shape index (κ2) is 6.57. The van der Waals surface area contributed by atoms with Crippen molar-refractivity contribution in [1.82, 2.24) is 10.3 Å². The maximum Gasteiger partial charge on any atom is 0.288 e. The monoisotopic (exact) mass is 267 g/mol. The Bertz CT molecular complexity index is 511. The standard InChI is InChI=1S/C11H10ClN3O3/c1-2-3-4-5-13-11(16)9-6-8(15(17)18)7-14-10(9)12/h1,6-7H,3-5H2,(H,13,16). The van der Waals surface area contributed by atoms with E-state index in [1.165, 1.54) is 0 Å². The van der Waals surface area contributed by atoms with Gasteiger partial charge in [-0.3, -0.25) is 14.9 Å². The lowest BCUT2D eigenvalue weighted by Crippen LogP contribution is -2.25. The summed E-state index contributed by atoms with van der Waals surface area (Å²) in [5.41, 5.74) is -0.306. The Hall–Kier alpha value is -2.13. The molecule has 0 saturated heterocycles. The van der Waals surface area contributed by atoms with E-state index in [9.17, 15) is 14.9 Å². The van der Waals surface area contributed by atoms with Gasteiger partial charge in [0.15, 0.2) is 0 Å². The summed E-state index contributed by atoms with van der Waals surface area (Å²) >= 11 is 5.71. The number of aromatic nitrogens is 1. The van der Waals surface area contributed by atoms with E-state index < -0.39 is 10.8 Å². The number of pyridine rings is 1. The summed E-state index contributed by atoms with van der Waals surface area (Å²) in [6.45, 7) is 0.377. The molecule has 0 saturated carbocycles. The molecular formula is C11H10ClN3O3. The Labute approximate surface area is 109 Å². The number of nitro groups is 1. The van der Waals surface area contributed by atoms with Crippen molar-refractivity contribution in [3.05, 3.63) is 33.1 Å². The maximum absolute atomic E-state index is 11.7. The lowest BCUT2D eigenvalue weighted by Gasteiger charge is -2.05. The van der Waals surface area contributed by atoms with Crippen LogP contribution in [0.25, 0.3) is 0 Å². The Morgan fingerprint density at radius 1 is 1.67 bits per heavy atom. The van der Waals surface area contributed by atoms with E-state index in [1.54, 1.807) is 0 Å². The fourth-order valence-electron chi connectivity index (χ4n) is 1.18. The van der Waals surface area contributed by atoms with E-state index in [0.29, 0.717) is 19.4 Å². The van der Waals surface area contributed by atoms with Crippen molar-refractivity contribution < 1.29 is 9.72 Å². The number of hydrogen-bond donors (Lipinski definition) is 1. The molecule has 1 amide bonds. The molecule has 1 aromatic heterocycles. The number of rotatable bonds is 5. The number of nitrogens with zero attached hydrogens (tertiary/aromatic N) is 2. The number of amides is 1. The number of carbonyl (C=O) groups excluding carboxylic acids is 1. The average molecular weight is 268 g/mol. The first kappa shape index (κ1) is 13.9. The molecule has 1 aromatic rings. The zero-order valence-electron chi connectivity index (χ0n) is 9.35. The minimum absolute atomic E-state index is 0.0217. The van der Waals surface area contributed by atoms with Crippen LogP contribution in [0.5, 0.6) is 0 Å². The van der Waals surface area contributed by atoms with Crippen LogP contribution >= 0.6 is 11.6 Å². The minimum atomic E-state index is -0.640. The van der Waals surface area contributed by atoms with Gasteiger partial charge in [-0.1, -0.05) is 11.6 Å². The third kappa shape index (κ3) is 3.71. The zero-order chi connectivity index (χ0) is 13.5. The van der Waals surface area contributed by atoms with E-state index in [2.05, 4.69) is 16.2 Å². The van der Waals surface area contributed by atoms with Crippen molar-refractivity contribution >= 4 is 23.2 Å². The largest absolute Gasteiger partial charge is 0.352 e. The first-order valence-electron chi connectivity index (χ1n) is 5.08. The van der Waals surface area contributed by atoms with E-state index >= 15 is 0 Å². The van der Waals surface area contributed by atoms with Crippen LogP contribution in [-0.2, 0) is 0 Å². The van der Waals surface area contributed by atoms with Gasteiger partial charge in [0, 0.05) is 19.0 Å². The topological polar surface area (TPSA) is 85.1 Å². The minimum Gasteiger partial charge on any atom is -0.352 e. The van der Waals surface area contributed by atoms with Gasteiger partial charge in [0.2, 0.25) is 0 Å². The first-order valence-corrected chi connectivity index (χ1v) is 5.45. The van der Waals surface area contributed by atoms with Gasteiger partial charge in [-0.25, -0.2) is 4.98 Å². The van der Waals surface area contributed by atoms with Crippen molar-refractivity contribution in [2.24, 2.45) is 0 Å². The molecule has 0 spiro atoms. The number of unbranched alkanes of at least 4 members (excludes halogenated alkanes) is 1. The molecule has 0 aliphatic heterocycles. The van der Waals surface area contributed by atoms with Crippen molar-refractivity contribution in [3.8, 4) is 12.3 Å². The molecule has 0 bridgehead atoms. The molecule has 0 atom stereocenters. The molecule has 1 heterocycles. The van der Waals surface area contributed by atoms with Crippen LogP contribution in [0.1, 0.15) is 23.2 Å². The molecule has 0 aliphatic carbocycles. The van der Waals surface area contributed by atoms with Gasteiger partial charge in [-0.15, -0.1) is 12.3 Å². The summed E-state index contributed by atoms with van der Waals surface area (Å²) in [5.74, 6) is 1.93. The Kier molecular flexibility index (Phi) is 5.08. The number of hydrogen-bond acceptors (Lipinski definition) is 4. The molecule has 7 heteroatoms.